The smallest absolute Gasteiger partial charge is 0.261 e. The molecule has 0 aliphatic rings. The number of nitrogens with zero attached hydrogens (tertiary/aromatic N) is 3. The Labute approximate surface area is 152 Å². The quantitative estimate of drug-likeness (QED) is 0.572. The molecule has 0 aliphatic carbocycles. The fourth-order valence-corrected chi connectivity index (χ4v) is 2.90. The van der Waals surface area contributed by atoms with Gasteiger partial charge in [-0.2, -0.15) is 5.10 Å². The first-order valence-electron chi connectivity index (χ1n) is 7.26. The molecule has 3 heterocycles. The van der Waals surface area contributed by atoms with Crippen LogP contribution in [0.5, 0.6) is 0 Å². The number of carbonyl (C=O) groups is 1. The molecule has 25 heavy (non-hydrogen) atoms. The van der Waals surface area contributed by atoms with Crippen LogP contribution in [0.15, 0.2) is 59.5 Å². The van der Waals surface area contributed by atoms with Crippen LogP contribution in [0.4, 0.5) is 5.69 Å². The number of furan rings is 1. The lowest BCUT2D eigenvalue weighted by Gasteiger charge is -2.06. The number of anilines is 1. The summed E-state index contributed by atoms with van der Waals surface area (Å²) in [6.07, 6.45) is 4.62. The first-order chi connectivity index (χ1) is 12.1. The second kappa shape index (κ2) is 6.23. The summed E-state index contributed by atoms with van der Waals surface area (Å²) < 4.78 is 6.95. The second-order valence-electron chi connectivity index (χ2n) is 5.18. The molecule has 4 aromatic rings. The van der Waals surface area contributed by atoms with Gasteiger partial charge >= 0.3 is 0 Å². The third-order valence-electron chi connectivity index (χ3n) is 3.60. The third kappa shape index (κ3) is 2.86. The van der Waals surface area contributed by atoms with E-state index in [0.717, 1.165) is 0 Å². The van der Waals surface area contributed by atoms with Crippen LogP contribution in [-0.4, -0.2) is 20.5 Å². The van der Waals surface area contributed by atoms with Crippen molar-refractivity contribution in [2.45, 2.75) is 0 Å². The zero-order chi connectivity index (χ0) is 17.4. The SMILES string of the molecule is O=C(Nc1ccc(Cl)cc1Cl)c1cnn2c(-c3ccco3)ccnc12. The molecule has 124 valence electrons. The normalized spacial score (nSPS) is 11.0. The van der Waals surface area contributed by atoms with Gasteiger partial charge in [-0.05, 0) is 36.4 Å². The molecule has 0 saturated carbocycles. The van der Waals surface area contributed by atoms with Gasteiger partial charge in [-0.3, -0.25) is 4.79 Å². The molecule has 0 bridgehead atoms. The molecule has 0 aliphatic heterocycles. The molecule has 0 saturated heterocycles. The van der Waals surface area contributed by atoms with Gasteiger partial charge in [0.2, 0.25) is 0 Å². The van der Waals surface area contributed by atoms with Gasteiger partial charge in [0.1, 0.15) is 11.3 Å². The van der Waals surface area contributed by atoms with Crippen molar-refractivity contribution in [3.8, 4) is 11.5 Å². The van der Waals surface area contributed by atoms with Crippen molar-refractivity contribution in [3.05, 3.63) is 70.7 Å². The van der Waals surface area contributed by atoms with Gasteiger partial charge in [0.05, 0.1) is 23.2 Å². The minimum atomic E-state index is -0.372. The molecule has 1 amide bonds. The van der Waals surface area contributed by atoms with E-state index >= 15 is 0 Å². The highest BCUT2D eigenvalue weighted by Crippen LogP contribution is 2.26. The molecule has 0 spiro atoms. The number of fused-ring (bicyclic) bond motifs is 1. The number of nitrogens with one attached hydrogen (secondary N) is 1. The molecule has 0 radical (unpaired) electrons. The monoisotopic (exact) mass is 372 g/mol. The van der Waals surface area contributed by atoms with E-state index in [1.54, 1.807) is 47.3 Å². The Morgan fingerprint density at radius 2 is 2.08 bits per heavy atom. The lowest BCUT2D eigenvalue weighted by molar-refractivity contribution is 0.102. The summed E-state index contributed by atoms with van der Waals surface area (Å²) >= 11 is 12.0. The summed E-state index contributed by atoms with van der Waals surface area (Å²) in [4.78, 5) is 16.9. The van der Waals surface area contributed by atoms with Crippen LogP contribution in [0, 0.1) is 0 Å². The first-order valence-corrected chi connectivity index (χ1v) is 8.02. The molecule has 6 nitrogen and oxygen atoms in total. The Bertz CT molecular complexity index is 1070. The molecular weight excluding hydrogens is 363 g/mol. The van der Waals surface area contributed by atoms with Gasteiger partial charge in [-0.1, -0.05) is 23.2 Å². The van der Waals surface area contributed by atoms with Gasteiger partial charge < -0.3 is 9.73 Å². The van der Waals surface area contributed by atoms with Gasteiger partial charge in [0.15, 0.2) is 11.4 Å². The topological polar surface area (TPSA) is 72.4 Å². The van der Waals surface area contributed by atoms with E-state index in [0.29, 0.717) is 38.4 Å². The Balaban J connectivity index is 1.72. The maximum absolute atomic E-state index is 12.6. The Morgan fingerprint density at radius 1 is 1.20 bits per heavy atom. The molecule has 4 rings (SSSR count). The maximum atomic E-state index is 12.6. The van der Waals surface area contributed by atoms with E-state index in [9.17, 15) is 4.79 Å². The van der Waals surface area contributed by atoms with Crippen LogP contribution in [0.2, 0.25) is 10.0 Å². The molecule has 1 aromatic carbocycles. The number of hydrogen-bond donors (Lipinski definition) is 1. The lowest BCUT2D eigenvalue weighted by atomic mass is 10.2. The summed E-state index contributed by atoms with van der Waals surface area (Å²) in [7, 11) is 0. The van der Waals surface area contributed by atoms with Crippen LogP contribution < -0.4 is 5.32 Å². The van der Waals surface area contributed by atoms with Gasteiger partial charge in [-0.25, -0.2) is 9.50 Å². The van der Waals surface area contributed by atoms with Crippen molar-refractivity contribution < 1.29 is 9.21 Å². The number of halogens is 2. The minimum absolute atomic E-state index is 0.319. The average Bonchev–Trinajstić information content (AvgIpc) is 3.26. The molecule has 1 N–H and O–H groups in total. The van der Waals surface area contributed by atoms with E-state index in [1.165, 1.54) is 6.20 Å². The number of amides is 1. The zero-order valence-electron chi connectivity index (χ0n) is 12.6. The fourth-order valence-electron chi connectivity index (χ4n) is 2.44. The van der Waals surface area contributed by atoms with Crippen molar-refractivity contribution in [2.24, 2.45) is 0 Å². The fraction of sp³-hybridized carbons (Fsp3) is 0. The number of hydrogen-bond acceptors (Lipinski definition) is 4. The van der Waals surface area contributed by atoms with Crippen LogP contribution in [-0.2, 0) is 0 Å². The predicted molar refractivity (Wildman–Crippen MR) is 95.1 cm³/mol. The number of aromatic nitrogens is 3. The third-order valence-corrected chi connectivity index (χ3v) is 4.15. The van der Waals surface area contributed by atoms with Crippen LogP contribution in [0.25, 0.3) is 17.1 Å². The van der Waals surface area contributed by atoms with E-state index in [4.69, 9.17) is 27.6 Å². The second-order valence-corrected chi connectivity index (χ2v) is 6.02. The molecule has 8 heteroatoms. The summed E-state index contributed by atoms with van der Waals surface area (Å²) in [5.74, 6) is 0.256. The average molecular weight is 373 g/mol. The summed E-state index contributed by atoms with van der Waals surface area (Å²) in [6, 6.07) is 10.2. The largest absolute Gasteiger partial charge is 0.463 e. The van der Waals surface area contributed by atoms with Crippen molar-refractivity contribution in [2.75, 3.05) is 5.32 Å². The zero-order valence-corrected chi connectivity index (χ0v) is 14.1. The van der Waals surface area contributed by atoms with Crippen molar-refractivity contribution in [3.63, 3.8) is 0 Å². The molecule has 0 unspecified atom stereocenters. The van der Waals surface area contributed by atoms with Crippen LogP contribution in [0.1, 0.15) is 10.4 Å². The Morgan fingerprint density at radius 3 is 2.84 bits per heavy atom. The Hall–Kier alpha value is -2.83. The highest BCUT2D eigenvalue weighted by Gasteiger charge is 2.18. The predicted octanol–water partition coefficient (Wildman–Crippen LogP) is 4.55. The molecular formula is C17H10Cl2N4O2. The summed E-state index contributed by atoms with van der Waals surface area (Å²) in [5, 5.41) is 7.83. The van der Waals surface area contributed by atoms with Crippen LogP contribution >= 0.6 is 23.2 Å². The Kier molecular flexibility index (Phi) is 3.91. The van der Waals surface area contributed by atoms with E-state index in [1.807, 2.05) is 6.07 Å². The lowest BCUT2D eigenvalue weighted by Crippen LogP contribution is -2.12. The van der Waals surface area contributed by atoms with Crippen molar-refractivity contribution >= 4 is 40.4 Å². The van der Waals surface area contributed by atoms with Gasteiger partial charge in [0.25, 0.3) is 5.91 Å². The summed E-state index contributed by atoms with van der Waals surface area (Å²) in [5.41, 5.74) is 1.88. The van der Waals surface area contributed by atoms with Crippen LogP contribution in [0.3, 0.4) is 0 Å². The molecule has 0 fully saturated rings. The van der Waals surface area contributed by atoms with Crippen molar-refractivity contribution in [1.29, 1.82) is 0 Å². The minimum Gasteiger partial charge on any atom is -0.463 e. The number of carbonyl (C=O) groups excluding carboxylic acids is 1. The van der Waals surface area contributed by atoms with E-state index in [-0.39, 0.29) is 5.91 Å². The standard InChI is InChI=1S/C17H10Cl2N4O2/c18-10-3-4-13(12(19)8-10)22-17(24)11-9-21-23-14(5-6-20-16(11)23)15-2-1-7-25-15/h1-9H,(H,22,24). The van der Waals surface area contributed by atoms with E-state index < -0.39 is 0 Å². The first kappa shape index (κ1) is 15.7. The molecule has 0 atom stereocenters. The maximum Gasteiger partial charge on any atom is 0.261 e. The number of rotatable bonds is 3. The highest BCUT2D eigenvalue weighted by atomic mass is 35.5. The number of benzene rings is 1. The summed E-state index contributed by atoms with van der Waals surface area (Å²) in [6.45, 7) is 0. The van der Waals surface area contributed by atoms with Gasteiger partial charge in [-0.15, -0.1) is 0 Å². The molecule has 3 aromatic heterocycles. The van der Waals surface area contributed by atoms with Gasteiger partial charge in [0, 0.05) is 11.2 Å². The van der Waals surface area contributed by atoms with E-state index in [2.05, 4.69) is 15.4 Å². The highest BCUT2D eigenvalue weighted by molar-refractivity contribution is 6.36. The van der Waals surface area contributed by atoms with Crippen molar-refractivity contribution in [1.82, 2.24) is 14.6 Å².